The lowest BCUT2D eigenvalue weighted by Crippen LogP contribution is -2.18. The van der Waals surface area contributed by atoms with Crippen molar-refractivity contribution in [1.82, 2.24) is 0 Å². The predicted octanol–water partition coefficient (Wildman–Crippen LogP) is 17.0. The van der Waals surface area contributed by atoms with Gasteiger partial charge in [0.15, 0.2) is 0 Å². The largest absolute Gasteiger partial charge is 0.0579 e. The molecule has 0 nitrogen and oxygen atoms in total. The second-order valence-electron chi connectivity index (χ2n) is 15.6. The molecule has 0 amide bonds. The van der Waals surface area contributed by atoms with Crippen LogP contribution in [0.2, 0.25) is 0 Å². The van der Waals surface area contributed by atoms with Crippen LogP contribution in [0, 0.1) is 0 Å². The zero-order chi connectivity index (χ0) is 41.8. The molecule has 7 aromatic carbocycles. The Morgan fingerprint density at radius 3 is 0.400 bits per heavy atom. The number of hydrogen-bond donors (Lipinski definition) is 0. The Hall–Kier alpha value is -2.58. The Labute approximate surface area is 407 Å². The highest BCUT2D eigenvalue weighted by molar-refractivity contribution is 9.11. The maximum absolute atomic E-state index is 3.69. The van der Waals surface area contributed by atoms with Crippen molar-refractivity contribution in [2.45, 2.75) is 77.0 Å². The third-order valence-electron chi connectivity index (χ3n) is 11.6. The molecule has 306 valence electrons. The van der Waals surface area contributed by atoms with E-state index >= 15 is 0 Å². The molecule has 0 heterocycles. The summed E-state index contributed by atoms with van der Waals surface area (Å²) in [7, 11) is 0. The molecular weight excluding hydrogens is 1130 g/mol. The van der Waals surface area contributed by atoms with Crippen LogP contribution in [0.3, 0.4) is 0 Å². The van der Waals surface area contributed by atoms with Gasteiger partial charge < -0.3 is 0 Å². The van der Waals surface area contributed by atoms with Crippen LogP contribution in [0.1, 0.15) is 66.8 Å². The number of rotatable bonds is 18. The van der Waals surface area contributed by atoms with E-state index in [1.54, 1.807) is 33.4 Å². The van der Waals surface area contributed by atoms with Crippen LogP contribution in [-0.2, 0) is 77.0 Å². The molecule has 0 unspecified atom stereocenters. The SMILES string of the molecule is Brc1ccc(CCc2c(CCc3ccc(Br)cc3)c(CCc3ccc(Br)cc3)c(CCc3ccc(Br)cc3)c(CCc3ccc(Br)cc3)c2CCc2ccc(Br)cc2)cc1. The average molecular weight is 1180 g/mol. The van der Waals surface area contributed by atoms with E-state index in [1.807, 2.05) is 0 Å². The van der Waals surface area contributed by atoms with Crippen LogP contribution < -0.4 is 0 Å². The van der Waals surface area contributed by atoms with Crippen LogP contribution in [0.25, 0.3) is 0 Å². The van der Waals surface area contributed by atoms with E-state index < -0.39 is 0 Å². The highest BCUT2D eigenvalue weighted by Gasteiger charge is 2.24. The van der Waals surface area contributed by atoms with Gasteiger partial charge in [-0.15, -0.1) is 0 Å². The summed E-state index contributed by atoms with van der Waals surface area (Å²) in [6, 6.07) is 53.8. The van der Waals surface area contributed by atoms with Gasteiger partial charge in [0.25, 0.3) is 0 Å². The fourth-order valence-electron chi connectivity index (χ4n) is 8.43. The number of benzene rings is 7. The normalized spacial score (nSPS) is 11.3. The van der Waals surface area contributed by atoms with Crippen molar-refractivity contribution in [1.29, 1.82) is 0 Å². The van der Waals surface area contributed by atoms with Crippen LogP contribution in [0.5, 0.6) is 0 Å². The van der Waals surface area contributed by atoms with E-state index in [0.717, 1.165) is 104 Å². The Kier molecular flexibility index (Phi) is 17.2. The van der Waals surface area contributed by atoms with Crippen molar-refractivity contribution in [3.63, 3.8) is 0 Å². The molecule has 0 aliphatic rings. The summed E-state index contributed by atoms with van der Waals surface area (Å²) in [4.78, 5) is 0. The number of hydrogen-bond acceptors (Lipinski definition) is 0. The minimum absolute atomic E-state index is 1.00. The molecule has 0 aliphatic heterocycles. The van der Waals surface area contributed by atoms with Gasteiger partial charge in [0.05, 0.1) is 0 Å². The monoisotopic (exact) mass is 1170 g/mol. The van der Waals surface area contributed by atoms with E-state index in [1.165, 1.54) is 33.4 Å². The van der Waals surface area contributed by atoms with Crippen LogP contribution >= 0.6 is 95.6 Å². The Morgan fingerprint density at radius 1 is 0.167 bits per heavy atom. The van der Waals surface area contributed by atoms with Crippen LogP contribution in [0.4, 0.5) is 0 Å². The molecule has 0 spiro atoms. The van der Waals surface area contributed by atoms with Gasteiger partial charge in [-0.25, -0.2) is 0 Å². The molecule has 0 aliphatic carbocycles. The van der Waals surface area contributed by atoms with Gasteiger partial charge in [-0.2, -0.15) is 0 Å². The fourth-order valence-corrected chi connectivity index (χ4v) is 10.0. The lowest BCUT2D eigenvalue weighted by Gasteiger charge is -2.28. The standard InChI is InChI=1S/C54H48Br6/c55-43-19-1-37(2-20-43)13-31-49-50(32-14-38-3-21-44(56)22-4-38)52(34-16-40-7-25-46(58)26-8-40)54(36-18-42-11-29-48(60)30-12-42)53(35-17-41-9-27-47(59)28-10-41)51(49)33-15-39-5-23-45(57)24-6-39/h1-12,19-30H,13-18,31-36H2. The highest BCUT2D eigenvalue weighted by Crippen LogP contribution is 2.36. The van der Waals surface area contributed by atoms with Gasteiger partial charge in [-0.1, -0.05) is 168 Å². The third-order valence-corrected chi connectivity index (χ3v) is 14.8. The molecule has 0 atom stereocenters. The van der Waals surface area contributed by atoms with Gasteiger partial charge in [0.1, 0.15) is 0 Å². The van der Waals surface area contributed by atoms with Crippen molar-refractivity contribution in [3.8, 4) is 0 Å². The van der Waals surface area contributed by atoms with E-state index in [-0.39, 0.29) is 0 Å². The molecule has 0 fully saturated rings. The predicted molar refractivity (Wildman–Crippen MR) is 276 cm³/mol. The van der Waals surface area contributed by atoms with Gasteiger partial charge in [-0.3, -0.25) is 0 Å². The van der Waals surface area contributed by atoms with Crippen molar-refractivity contribution in [2.75, 3.05) is 0 Å². The zero-order valence-electron chi connectivity index (χ0n) is 33.6. The smallest absolute Gasteiger partial charge is 0.0175 e. The summed E-state index contributed by atoms with van der Waals surface area (Å²) in [6.45, 7) is 0. The zero-order valence-corrected chi connectivity index (χ0v) is 43.1. The van der Waals surface area contributed by atoms with Gasteiger partial charge in [0.2, 0.25) is 0 Å². The molecule has 0 aromatic heterocycles. The molecule has 7 aromatic rings. The summed E-state index contributed by atoms with van der Waals surface area (Å²) >= 11 is 22.1. The third kappa shape index (κ3) is 13.2. The Morgan fingerprint density at radius 2 is 0.283 bits per heavy atom. The summed E-state index contributed by atoms with van der Waals surface area (Å²) in [5.74, 6) is 0. The first-order valence-corrected chi connectivity index (χ1v) is 25.6. The molecule has 60 heavy (non-hydrogen) atoms. The maximum Gasteiger partial charge on any atom is 0.0175 e. The maximum atomic E-state index is 3.69. The van der Waals surface area contributed by atoms with Gasteiger partial charge in [-0.05, 0) is 217 Å². The topological polar surface area (TPSA) is 0 Å². The molecule has 0 radical (unpaired) electrons. The first-order valence-electron chi connectivity index (χ1n) is 20.8. The van der Waals surface area contributed by atoms with Crippen LogP contribution in [0.15, 0.2) is 172 Å². The van der Waals surface area contributed by atoms with Crippen molar-refractivity contribution < 1.29 is 0 Å². The van der Waals surface area contributed by atoms with E-state index in [9.17, 15) is 0 Å². The summed E-state index contributed by atoms with van der Waals surface area (Å²) in [5, 5.41) is 0. The second-order valence-corrected chi connectivity index (χ2v) is 21.1. The van der Waals surface area contributed by atoms with Gasteiger partial charge in [0, 0.05) is 26.8 Å². The van der Waals surface area contributed by atoms with E-state index in [2.05, 4.69) is 241 Å². The number of aryl methyl sites for hydroxylation is 6. The Balaban J connectivity index is 1.43. The highest BCUT2D eigenvalue weighted by atomic mass is 79.9. The molecule has 0 saturated heterocycles. The minimum atomic E-state index is 1.00. The van der Waals surface area contributed by atoms with E-state index in [0.29, 0.717) is 0 Å². The molecule has 0 bridgehead atoms. The lowest BCUT2D eigenvalue weighted by atomic mass is 9.76. The fraction of sp³-hybridized carbons (Fsp3) is 0.222. The van der Waals surface area contributed by atoms with E-state index in [4.69, 9.17) is 0 Å². The second kappa shape index (κ2) is 22.7. The molecule has 0 saturated carbocycles. The van der Waals surface area contributed by atoms with Crippen LogP contribution in [-0.4, -0.2) is 0 Å². The average Bonchev–Trinajstić information content (AvgIpc) is 3.26. The first-order chi connectivity index (χ1) is 29.2. The quantitative estimate of drug-likeness (QED) is 0.0803. The van der Waals surface area contributed by atoms with Crippen molar-refractivity contribution in [3.05, 3.63) is 239 Å². The van der Waals surface area contributed by atoms with Crippen molar-refractivity contribution >= 4 is 95.6 Å². The molecule has 7 rings (SSSR count). The summed E-state index contributed by atoms with van der Waals surface area (Å²) in [6.07, 6.45) is 12.1. The summed E-state index contributed by atoms with van der Waals surface area (Å²) in [5.41, 5.74) is 17.7. The van der Waals surface area contributed by atoms with Gasteiger partial charge >= 0.3 is 0 Å². The first kappa shape index (κ1) is 45.4. The lowest BCUT2D eigenvalue weighted by molar-refractivity contribution is 0.777. The number of halogens is 6. The minimum Gasteiger partial charge on any atom is -0.0579 e. The summed E-state index contributed by atoms with van der Waals surface area (Å²) < 4.78 is 6.73. The van der Waals surface area contributed by atoms with Crippen molar-refractivity contribution in [2.24, 2.45) is 0 Å². The molecule has 0 N–H and O–H groups in total. The molecular formula is C54H48Br6. The Bertz CT molecular complexity index is 1960. The molecule has 6 heteroatoms.